The molecule has 1 aliphatic heterocycles. The number of benzene rings is 1. The van der Waals surface area contributed by atoms with Crippen LogP contribution >= 0.6 is 12.2 Å². The van der Waals surface area contributed by atoms with Gasteiger partial charge in [0.05, 0.1) is 5.56 Å². The van der Waals surface area contributed by atoms with Gasteiger partial charge in [0, 0.05) is 6.54 Å². The summed E-state index contributed by atoms with van der Waals surface area (Å²) in [6, 6.07) is 0. The summed E-state index contributed by atoms with van der Waals surface area (Å²) < 4.78 is 66.6. The molecule has 0 bridgehead atoms. The van der Waals surface area contributed by atoms with Crippen molar-refractivity contribution in [3.63, 3.8) is 0 Å². The Morgan fingerprint density at radius 3 is 2.00 bits per heavy atom. The van der Waals surface area contributed by atoms with E-state index in [2.05, 4.69) is 5.32 Å². The molecular weight excluding hydrogens is 339 g/mol. The van der Waals surface area contributed by atoms with Gasteiger partial charge in [-0.15, -0.1) is 0 Å². The molecule has 0 saturated carbocycles. The molecule has 2 rings (SSSR count). The lowest BCUT2D eigenvalue weighted by Crippen LogP contribution is -2.33. The number of halogens is 5. The van der Waals surface area contributed by atoms with E-state index in [1.54, 1.807) is 0 Å². The number of amides is 1. The molecule has 0 spiro atoms. The summed E-state index contributed by atoms with van der Waals surface area (Å²) >= 11 is 4.92. The normalized spacial score (nSPS) is 16.7. The summed E-state index contributed by atoms with van der Waals surface area (Å²) in [7, 11) is 0. The van der Waals surface area contributed by atoms with Crippen LogP contribution < -0.4 is 5.32 Å². The first-order valence-corrected chi connectivity index (χ1v) is 6.92. The van der Waals surface area contributed by atoms with Crippen LogP contribution in [0, 0.1) is 35.0 Å². The van der Waals surface area contributed by atoms with E-state index in [0.29, 0.717) is 6.08 Å². The molecule has 0 aromatic heterocycles. The molecule has 1 aliphatic rings. The van der Waals surface area contributed by atoms with E-state index >= 15 is 0 Å². The third-order valence-electron chi connectivity index (χ3n) is 3.04. The molecule has 124 valence electrons. The second-order valence-corrected chi connectivity index (χ2v) is 5.67. The highest BCUT2D eigenvalue weighted by Gasteiger charge is 2.32. The van der Waals surface area contributed by atoms with Crippen molar-refractivity contribution in [2.24, 2.45) is 5.92 Å². The van der Waals surface area contributed by atoms with Crippen LogP contribution in [0.1, 0.15) is 19.4 Å². The third-order valence-corrected chi connectivity index (χ3v) is 3.36. The largest absolute Gasteiger partial charge is 0.328 e. The van der Waals surface area contributed by atoms with Gasteiger partial charge in [-0.3, -0.25) is 9.69 Å². The Morgan fingerprint density at radius 2 is 1.52 bits per heavy atom. The molecular formula is C14H11F5N2OS. The molecule has 0 aliphatic carbocycles. The lowest BCUT2D eigenvalue weighted by atomic mass is 10.1. The van der Waals surface area contributed by atoms with E-state index in [0.717, 1.165) is 4.90 Å². The zero-order valence-corrected chi connectivity index (χ0v) is 12.8. The van der Waals surface area contributed by atoms with Gasteiger partial charge < -0.3 is 5.32 Å². The second-order valence-electron chi connectivity index (χ2n) is 5.28. The van der Waals surface area contributed by atoms with Gasteiger partial charge in [0.1, 0.15) is 5.70 Å². The summed E-state index contributed by atoms with van der Waals surface area (Å²) in [4.78, 5) is 13.3. The van der Waals surface area contributed by atoms with Gasteiger partial charge in [0.2, 0.25) is 5.82 Å². The molecule has 1 N–H and O–H groups in total. The lowest BCUT2D eigenvalue weighted by molar-refractivity contribution is -0.122. The SMILES string of the molecule is CC(C)CN1C(=O)/C(=C\c2c(F)c(F)c(F)c(F)c2F)NC1=S. The van der Waals surface area contributed by atoms with Gasteiger partial charge in [0.15, 0.2) is 28.4 Å². The molecule has 0 unspecified atom stereocenters. The highest BCUT2D eigenvalue weighted by Crippen LogP contribution is 2.26. The predicted molar refractivity (Wildman–Crippen MR) is 76.5 cm³/mol. The molecule has 9 heteroatoms. The lowest BCUT2D eigenvalue weighted by Gasteiger charge is -2.16. The molecule has 1 aromatic rings. The van der Waals surface area contributed by atoms with Crippen molar-refractivity contribution >= 4 is 29.3 Å². The minimum Gasteiger partial charge on any atom is -0.328 e. The highest BCUT2D eigenvalue weighted by molar-refractivity contribution is 7.80. The van der Waals surface area contributed by atoms with E-state index in [9.17, 15) is 26.7 Å². The fourth-order valence-corrected chi connectivity index (χ4v) is 2.26. The Bertz CT molecular complexity index is 703. The minimum atomic E-state index is -2.26. The van der Waals surface area contributed by atoms with Crippen molar-refractivity contribution in [1.29, 1.82) is 0 Å². The molecule has 3 nitrogen and oxygen atoms in total. The minimum absolute atomic E-state index is 0.00109. The summed E-state index contributed by atoms with van der Waals surface area (Å²) in [5, 5.41) is 2.41. The molecule has 1 saturated heterocycles. The monoisotopic (exact) mass is 350 g/mol. The Labute approximate surface area is 133 Å². The summed E-state index contributed by atoms with van der Waals surface area (Å²) in [6.45, 7) is 3.89. The highest BCUT2D eigenvalue weighted by atomic mass is 32.1. The van der Waals surface area contributed by atoms with Crippen molar-refractivity contribution in [2.75, 3.05) is 6.54 Å². The number of thiocarbonyl (C=S) groups is 1. The quantitative estimate of drug-likeness (QED) is 0.299. The zero-order valence-electron chi connectivity index (χ0n) is 12.0. The number of carbonyl (C=O) groups is 1. The fourth-order valence-electron chi connectivity index (χ4n) is 2.00. The Balaban J connectivity index is 2.48. The van der Waals surface area contributed by atoms with Crippen LogP contribution in [0.2, 0.25) is 0 Å². The van der Waals surface area contributed by atoms with Crippen molar-refractivity contribution in [2.45, 2.75) is 13.8 Å². The standard InChI is InChI=1S/C14H11F5N2OS/c1-5(2)4-21-13(22)7(20-14(21)23)3-6-8(15)10(17)12(19)11(18)9(6)16/h3,5H,4H2,1-2H3,(H,20,23)/b7-3+. The van der Waals surface area contributed by atoms with Crippen molar-refractivity contribution < 1.29 is 26.7 Å². The van der Waals surface area contributed by atoms with Gasteiger partial charge >= 0.3 is 0 Å². The topological polar surface area (TPSA) is 32.3 Å². The molecule has 1 heterocycles. The number of nitrogens with zero attached hydrogens (tertiary/aromatic N) is 1. The first kappa shape index (κ1) is 17.3. The van der Waals surface area contributed by atoms with Gasteiger partial charge in [-0.2, -0.15) is 0 Å². The van der Waals surface area contributed by atoms with Crippen molar-refractivity contribution in [3.8, 4) is 0 Å². The Kier molecular flexibility index (Phi) is 4.69. The van der Waals surface area contributed by atoms with Crippen molar-refractivity contribution in [3.05, 3.63) is 40.3 Å². The van der Waals surface area contributed by atoms with E-state index < -0.39 is 40.6 Å². The Morgan fingerprint density at radius 1 is 1.04 bits per heavy atom. The van der Waals surface area contributed by atoms with Crippen molar-refractivity contribution in [1.82, 2.24) is 10.2 Å². The van der Waals surface area contributed by atoms with Crippen LogP contribution in [0.3, 0.4) is 0 Å². The number of rotatable bonds is 3. The van der Waals surface area contributed by atoms with Gasteiger partial charge in [-0.05, 0) is 24.2 Å². The summed E-state index contributed by atoms with van der Waals surface area (Å²) in [6.07, 6.45) is 0.561. The predicted octanol–water partition coefficient (Wildman–Crippen LogP) is 3.10. The van der Waals surface area contributed by atoms with E-state index in [-0.39, 0.29) is 23.3 Å². The number of nitrogens with one attached hydrogen (secondary N) is 1. The molecule has 0 atom stereocenters. The smallest absolute Gasteiger partial charge is 0.276 e. The first-order valence-electron chi connectivity index (χ1n) is 6.51. The summed E-state index contributed by atoms with van der Waals surface area (Å²) in [5.74, 6) is -11.1. The van der Waals surface area contributed by atoms with E-state index in [1.807, 2.05) is 13.8 Å². The maximum Gasteiger partial charge on any atom is 0.276 e. The average Bonchev–Trinajstić information content (AvgIpc) is 2.74. The first-order chi connectivity index (χ1) is 10.6. The van der Waals surface area contributed by atoms with Crippen LogP contribution in [0.5, 0.6) is 0 Å². The fraction of sp³-hybridized carbons (Fsp3) is 0.286. The van der Waals surface area contributed by atoms with Gasteiger partial charge in [-0.1, -0.05) is 13.8 Å². The van der Waals surface area contributed by atoms with Gasteiger partial charge in [0.25, 0.3) is 5.91 Å². The number of hydrogen-bond acceptors (Lipinski definition) is 2. The molecule has 1 aromatic carbocycles. The molecule has 23 heavy (non-hydrogen) atoms. The van der Waals surface area contributed by atoms with Crippen LogP contribution in [0.4, 0.5) is 22.0 Å². The maximum absolute atomic E-state index is 13.6. The van der Waals surface area contributed by atoms with Crippen LogP contribution in [0.25, 0.3) is 6.08 Å². The number of hydrogen-bond donors (Lipinski definition) is 1. The average molecular weight is 350 g/mol. The molecule has 1 amide bonds. The second kappa shape index (κ2) is 6.23. The summed E-state index contributed by atoms with van der Waals surface area (Å²) in [5.41, 5.74) is -1.56. The Hall–Kier alpha value is -2.03. The van der Waals surface area contributed by atoms with Crippen LogP contribution in [-0.2, 0) is 4.79 Å². The van der Waals surface area contributed by atoms with Crippen LogP contribution in [0.15, 0.2) is 5.70 Å². The zero-order chi connectivity index (χ0) is 17.5. The number of carbonyl (C=O) groups excluding carboxylic acids is 1. The van der Waals surface area contributed by atoms with E-state index in [1.165, 1.54) is 0 Å². The third kappa shape index (κ3) is 3.05. The van der Waals surface area contributed by atoms with Crippen LogP contribution in [-0.4, -0.2) is 22.5 Å². The van der Waals surface area contributed by atoms with Gasteiger partial charge in [-0.25, -0.2) is 22.0 Å². The van der Waals surface area contributed by atoms with E-state index in [4.69, 9.17) is 12.2 Å². The molecule has 0 radical (unpaired) electrons. The maximum atomic E-state index is 13.6. The molecule has 1 fully saturated rings.